The standard InChI is InChI=1S/C25H28N2O.ClH/c1-18(23-14-8-12-20-11-6-7-13-24(20)23)26-15-22-16-27(19(2)28)17-25(22)21-9-4-3-5-10-21;/h3-14,18,22,25-26H,15-17H2,1-2H3;1H/t18-,22+,25-;/m1./s1. The van der Waals surface area contributed by atoms with Crippen LogP contribution in [0, 0.1) is 5.92 Å². The van der Waals surface area contributed by atoms with Crippen LogP contribution in [0.25, 0.3) is 10.8 Å². The number of carbonyl (C=O) groups excluding carboxylic acids is 1. The summed E-state index contributed by atoms with van der Waals surface area (Å²) in [6, 6.07) is 25.9. The number of rotatable bonds is 5. The Bertz CT molecular complexity index is 954. The third-order valence-corrected chi connectivity index (χ3v) is 6.09. The first kappa shape index (κ1) is 21.4. The summed E-state index contributed by atoms with van der Waals surface area (Å²) in [7, 11) is 0. The number of carbonyl (C=O) groups is 1. The number of likely N-dealkylation sites (tertiary alicyclic amines) is 1. The maximum absolute atomic E-state index is 12.0. The molecule has 0 unspecified atom stereocenters. The number of halogens is 1. The first-order chi connectivity index (χ1) is 13.6. The third-order valence-electron chi connectivity index (χ3n) is 6.09. The normalized spacial score (nSPS) is 19.7. The predicted octanol–water partition coefficient (Wildman–Crippen LogP) is 5.17. The molecule has 0 saturated carbocycles. The summed E-state index contributed by atoms with van der Waals surface area (Å²) in [5.41, 5.74) is 2.66. The van der Waals surface area contributed by atoms with Crippen LogP contribution in [-0.4, -0.2) is 30.4 Å². The molecule has 3 nitrogen and oxygen atoms in total. The van der Waals surface area contributed by atoms with E-state index in [1.807, 2.05) is 4.90 Å². The highest BCUT2D eigenvalue weighted by Gasteiger charge is 2.34. The Labute approximate surface area is 179 Å². The van der Waals surface area contributed by atoms with Gasteiger partial charge in [-0.15, -0.1) is 12.4 Å². The number of fused-ring (bicyclic) bond motifs is 1. The van der Waals surface area contributed by atoms with Crippen LogP contribution in [0.1, 0.15) is 36.9 Å². The van der Waals surface area contributed by atoms with Crippen molar-refractivity contribution < 1.29 is 4.79 Å². The second kappa shape index (κ2) is 9.43. The number of nitrogens with zero attached hydrogens (tertiary/aromatic N) is 1. The van der Waals surface area contributed by atoms with Crippen LogP contribution in [0.2, 0.25) is 0 Å². The molecule has 29 heavy (non-hydrogen) atoms. The van der Waals surface area contributed by atoms with Crippen LogP contribution in [-0.2, 0) is 4.79 Å². The van der Waals surface area contributed by atoms with E-state index in [2.05, 4.69) is 85.0 Å². The van der Waals surface area contributed by atoms with Crippen molar-refractivity contribution in [2.24, 2.45) is 5.92 Å². The van der Waals surface area contributed by atoms with Gasteiger partial charge < -0.3 is 10.2 Å². The van der Waals surface area contributed by atoms with Crippen molar-refractivity contribution in [3.05, 3.63) is 83.9 Å². The van der Waals surface area contributed by atoms with E-state index in [9.17, 15) is 4.79 Å². The number of amides is 1. The first-order valence-corrected chi connectivity index (χ1v) is 10.1. The summed E-state index contributed by atoms with van der Waals surface area (Å²) in [5.74, 6) is 0.978. The molecule has 1 heterocycles. The van der Waals surface area contributed by atoms with Gasteiger partial charge in [0.25, 0.3) is 0 Å². The van der Waals surface area contributed by atoms with Crippen molar-refractivity contribution in [1.29, 1.82) is 0 Å². The van der Waals surface area contributed by atoms with E-state index in [1.165, 1.54) is 21.9 Å². The fourth-order valence-corrected chi connectivity index (χ4v) is 4.48. The fraction of sp³-hybridized carbons (Fsp3) is 0.320. The summed E-state index contributed by atoms with van der Waals surface area (Å²) >= 11 is 0. The number of nitrogens with one attached hydrogen (secondary N) is 1. The number of hydrogen-bond donors (Lipinski definition) is 1. The minimum atomic E-state index is 0. The minimum absolute atomic E-state index is 0. The van der Waals surface area contributed by atoms with Crippen LogP contribution >= 0.6 is 12.4 Å². The maximum atomic E-state index is 12.0. The zero-order valence-corrected chi connectivity index (χ0v) is 17.9. The molecule has 1 N–H and O–H groups in total. The average molecular weight is 409 g/mol. The lowest BCUT2D eigenvalue weighted by Gasteiger charge is -2.23. The highest BCUT2D eigenvalue weighted by molar-refractivity contribution is 5.86. The Balaban J connectivity index is 0.00000240. The molecule has 0 aliphatic carbocycles. The maximum Gasteiger partial charge on any atom is 0.219 e. The second-order valence-corrected chi connectivity index (χ2v) is 7.90. The van der Waals surface area contributed by atoms with Gasteiger partial charge in [0.05, 0.1) is 0 Å². The molecule has 4 heteroatoms. The van der Waals surface area contributed by atoms with E-state index < -0.39 is 0 Å². The summed E-state index contributed by atoms with van der Waals surface area (Å²) in [6.45, 7) is 6.44. The average Bonchev–Trinajstić information content (AvgIpc) is 3.17. The molecule has 1 fully saturated rings. The van der Waals surface area contributed by atoms with E-state index in [1.54, 1.807) is 6.92 Å². The molecule has 1 saturated heterocycles. The molecule has 0 spiro atoms. The van der Waals surface area contributed by atoms with Gasteiger partial charge in [-0.3, -0.25) is 4.79 Å². The van der Waals surface area contributed by atoms with Crippen molar-refractivity contribution in [3.63, 3.8) is 0 Å². The van der Waals surface area contributed by atoms with E-state index in [0.717, 1.165) is 19.6 Å². The summed E-state index contributed by atoms with van der Waals surface area (Å²) in [5, 5.41) is 6.34. The Hall–Kier alpha value is -2.36. The van der Waals surface area contributed by atoms with E-state index in [4.69, 9.17) is 0 Å². The molecule has 1 amide bonds. The van der Waals surface area contributed by atoms with Gasteiger partial charge in [0.15, 0.2) is 0 Å². The van der Waals surface area contributed by atoms with E-state index >= 15 is 0 Å². The van der Waals surface area contributed by atoms with Gasteiger partial charge >= 0.3 is 0 Å². The molecule has 0 aromatic heterocycles. The molecule has 3 aromatic rings. The molecule has 0 bridgehead atoms. The minimum Gasteiger partial charge on any atom is -0.342 e. The Kier molecular flexibility index (Phi) is 6.94. The summed E-state index contributed by atoms with van der Waals surface area (Å²) < 4.78 is 0. The van der Waals surface area contributed by atoms with Crippen molar-refractivity contribution in [2.75, 3.05) is 19.6 Å². The van der Waals surface area contributed by atoms with Gasteiger partial charge in [0.2, 0.25) is 5.91 Å². The Morgan fingerprint density at radius 2 is 1.69 bits per heavy atom. The number of benzene rings is 3. The molecule has 4 rings (SSSR count). The molecule has 1 aliphatic rings. The third kappa shape index (κ3) is 4.63. The largest absolute Gasteiger partial charge is 0.342 e. The predicted molar refractivity (Wildman–Crippen MR) is 123 cm³/mol. The van der Waals surface area contributed by atoms with Crippen LogP contribution in [0.4, 0.5) is 0 Å². The van der Waals surface area contributed by atoms with E-state index in [-0.39, 0.29) is 24.4 Å². The van der Waals surface area contributed by atoms with Crippen molar-refractivity contribution in [3.8, 4) is 0 Å². The molecule has 3 atom stereocenters. The van der Waals surface area contributed by atoms with Gasteiger partial charge in [-0.25, -0.2) is 0 Å². The van der Waals surface area contributed by atoms with Gasteiger partial charge in [-0.05, 0) is 34.7 Å². The van der Waals surface area contributed by atoms with Crippen LogP contribution in [0.15, 0.2) is 72.8 Å². The van der Waals surface area contributed by atoms with Crippen LogP contribution < -0.4 is 5.32 Å². The summed E-state index contributed by atoms with van der Waals surface area (Å²) in [4.78, 5) is 14.0. The molecule has 1 aliphatic heterocycles. The molecular formula is C25H29ClN2O. The van der Waals surface area contributed by atoms with Crippen molar-refractivity contribution in [1.82, 2.24) is 10.2 Å². The monoisotopic (exact) mass is 408 g/mol. The second-order valence-electron chi connectivity index (χ2n) is 7.90. The van der Waals surface area contributed by atoms with Crippen LogP contribution in [0.5, 0.6) is 0 Å². The van der Waals surface area contributed by atoms with Gasteiger partial charge in [-0.1, -0.05) is 72.8 Å². The first-order valence-electron chi connectivity index (χ1n) is 10.1. The highest BCUT2D eigenvalue weighted by Crippen LogP contribution is 2.33. The summed E-state index contributed by atoms with van der Waals surface area (Å²) in [6.07, 6.45) is 0. The van der Waals surface area contributed by atoms with E-state index in [0.29, 0.717) is 11.8 Å². The SMILES string of the molecule is CC(=O)N1C[C@H](CN[C@H](C)c2cccc3ccccc23)[C@@H](c2ccccc2)C1.Cl. The lowest BCUT2D eigenvalue weighted by atomic mass is 9.88. The van der Waals surface area contributed by atoms with Crippen molar-refractivity contribution >= 4 is 29.1 Å². The Morgan fingerprint density at radius 1 is 1.00 bits per heavy atom. The topological polar surface area (TPSA) is 32.3 Å². The lowest BCUT2D eigenvalue weighted by molar-refractivity contribution is -0.127. The smallest absolute Gasteiger partial charge is 0.219 e. The molecule has 152 valence electrons. The fourth-order valence-electron chi connectivity index (χ4n) is 4.48. The quantitative estimate of drug-likeness (QED) is 0.631. The Morgan fingerprint density at radius 3 is 2.45 bits per heavy atom. The number of hydrogen-bond acceptors (Lipinski definition) is 2. The van der Waals surface area contributed by atoms with Gasteiger partial charge in [0, 0.05) is 38.5 Å². The lowest BCUT2D eigenvalue weighted by Crippen LogP contribution is -2.31. The van der Waals surface area contributed by atoms with Gasteiger partial charge in [-0.2, -0.15) is 0 Å². The molecule has 3 aromatic carbocycles. The zero-order valence-electron chi connectivity index (χ0n) is 17.0. The zero-order chi connectivity index (χ0) is 19.5. The molecular weight excluding hydrogens is 380 g/mol. The van der Waals surface area contributed by atoms with Crippen molar-refractivity contribution in [2.45, 2.75) is 25.8 Å². The highest BCUT2D eigenvalue weighted by atomic mass is 35.5. The van der Waals surface area contributed by atoms with Crippen LogP contribution in [0.3, 0.4) is 0 Å². The van der Waals surface area contributed by atoms with Gasteiger partial charge in [0.1, 0.15) is 0 Å². The molecule has 0 radical (unpaired) electrons.